The zero-order valence-corrected chi connectivity index (χ0v) is 16.7. The summed E-state index contributed by atoms with van der Waals surface area (Å²) in [6, 6.07) is 3.77. The van der Waals surface area contributed by atoms with Gasteiger partial charge < -0.3 is 4.90 Å². The molecule has 1 fully saturated rings. The molecule has 4 heterocycles. The highest BCUT2D eigenvalue weighted by Gasteiger charge is 2.21. The Labute approximate surface area is 169 Å². The minimum atomic E-state index is 0.0285. The van der Waals surface area contributed by atoms with Crippen molar-refractivity contribution in [3.05, 3.63) is 52.0 Å². The van der Waals surface area contributed by atoms with E-state index < -0.39 is 0 Å². The first kappa shape index (κ1) is 18.2. The molecule has 0 unspecified atom stereocenters. The van der Waals surface area contributed by atoms with Crippen LogP contribution in [0.3, 0.4) is 0 Å². The van der Waals surface area contributed by atoms with E-state index in [-0.39, 0.29) is 5.56 Å². The fourth-order valence-corrected chi connectivity index (χ4v) is 4.34. The van der Waals surface area contributed by atoms with Gasteiger partial charge in [-0.1, -0.05) is 0 Å². The monoisotopic (exact) mass is 391 g/mol. The molecule has 8 nitrogen and oxygen atoms in total. The van der Waals surface area contributed by atoms with Crippen LogP contribution in [0, 0.1) is 6.92 Å². The molecule has 150 valence electrons. The van der Waals surface area contributed by atoms with Crippen LogP contribution in [0.1, 0.15) is 23.5 Å². The number of nitrogens with zero attached hydrogens (tertiary/aromatic N) is 7. The van der Waals surface area contributed by atoms with E-state index in [1.54, 1.807) is 23.1 Å². The third kappa shape index (κ3) is 3.60. The molecule has 0 spiro atoms. The molecular weight excluding hydrogens is 366 g/mol. The normalized spacial score (nSPS) is 17.1. The van der Waals surface area contributed by atoms with Crippen molar-refractivity contribution in [2.75, 3.05) is 37.6 Å². The predicted molar refractivity (Wildman–Crippen MR) is 111 cm³/mol. The summed E-state index contributed by atoms with van der Waals surface area (Å²) in [6.45, 7) is 7.10. The van der Waals surface area contributed by atoms with Gasteiger partial charge in [-0.05, 0) is 37.8 Å². The van der Waals surface area contributed by atoms with Crippen molar-refractivity contribution in [3.63, 3.8) is 0 Å². The van der Waals surface area contributed by atoms with Crippen molar-refractivity contribution in [3.8, 4) is 0 Å². The summed E-state index contributed by atoms with van der Waals surface area (Å²) >= 11 is 0. The summed E-state index contributed by atoms with van der Waals surface area (Å²) in [5.74, 6) is 1.76. The highest BCUT2D eigenvalue weighted by Crippen LogP contribution is 2.24. The maximum atomic E-state index is 12.3. The van der Waals surface area contributed by atoms with Crippen LogP contribution in [0.25, 0.3) is 10.9 Å². The third-order valence-corrected chi connectivity index (χ3v) is 5.91. The lowest BCUT2D eigenvalue weighted by Gasteiger charge is -2.35. The van der Waals surface area contributed by atoms with Gasteiger partial charge in [-0.3, -0.25) is 14.7 Å². The standard InChI is InChI=1S/C21H25N7O/c1-15-23-19-14-22-6-5-17(19)21(24-15)27-10-7-26(8-11-27)9-12-28-20(29)13-16-3-2-4-18(16)25-28/h5-6,13-14H,2-4,7-12H2,1H3. The number of fused-ring (bicyclic) bond motifs is 2. The minimum Gasteiger partial charge on any atom is -0.353 e. The largest absolute Gasteiger partial charge is 0.353 e. The van der Waals surface area contributed by atoms with Crippen LogP contribution in [0.2, 0.25) is 0 Å². The van der Waals surface area contributed by atoms with E-state index in [0.717, 1.165) is 85.8 Å². The van der Waals surface area contributed by atoms with Gasteiger partial charge in [0.15, 0.2) is 0 Å². The van der Waals surface area contributed by atoms with E-state index in [1.165, 1.54) is 0 Å². The molecule has 2 aliphatic rings. The van der Waals surface area contributed by atoms with Crippen molar-refractivity contribution in [2.45, 2.75) is 32.7 Å². The Morgan fingerprint density at radius 1 is 1.07 bits per heavy atom. The third-order valence-electron chi connectivity index (χ3n) is 5.91. The quantitative estimate of drug-likeness (QED) is 0.661. The number of piperazine rings is 1. The molecule has 1 aliphatic carbocycles. The van der Waals surface area contributed by atoms with Gasteiger partial charge in [-0.2, -0.15) is 5.10 Å². The Hall–Kier alpha value is -2.87. The highest BCUT2D eigenvalue weighted by atomic mass is 16.1. The van der Waals surface area contributed by atoms with Crippen LogP contribution in [-0.2, 0) is 19.4 Å². The smallest absolute Gasteiger partial charge is 0.267 e. The maximum absolute atomic E-state index is 12.3. The Morgan fingerprint density at radius 2 is 1.93 bits per heavy atom. The molecule has 8 heteroatoms. The van der Waals surface area contributed by atoms with E-state index in [1.807, 2.05) is 13.0 Å². The van der Waals surface area contributed by atoms with Crippen molar-refractivity contribution in [1.29, 1.82) is 0 Å². The summed E-state index contributed by atoms with van der Waals surface area (Å²) in [6.07, 6.45) is 6.69. The molecule has 1 saturated heterocycles. The summed E-state index contributed by atoms with van der Waals surface area (Å²) in [5.41, 5.74) is 3.16. The lowest BCUT2D eigenvalue weighted by molar-refractivity contribution is 0.242. The minimum absolute atomic E-state index is 0.0285. The second kappa shape index (κ2) is 7.51. The molecular formula is C21H25N7O. The van der Waals surface area contributed by atoms with Gasteiger partial charge in [0, 0.05) is 50.4 Å². The fourth-order valence-electron chi connectivity index (χ4n) is 4.34. The number of aromatic nitrogens is 5. The molecule has 1 aliphatic heterocycles. The zero-order chi connectivity index (χ0) is 19.8. The first-order valence-corrected chi connectivity index (χ1v) is 10.3. The average molecular weight is 391 g/mol. The van der Waals surface area contributed by atoms with Gasteiger partial charge in [0.1, 0.15) is 11.6 Å². The molecule has 3 aromatic heterocycles. The summed E-state index contributed by atoms with van der Waals surface area (Å²) in [5, 5.41) is 5.64. The van der Waals surface area contributed by atoms with Gasteiger partial charge >= 0.3 is 0 Å². The first-order valence-electron chi connectivity index (χ1n) is 10.3. The maximum Gasteiger partial charge on any atom is 0.267 e. The first-order chi connectivity index (χ1) is 14.2. The number of anilines is 1. The Kier molecular flexibility index (Phi) is 4.71. The number of hydrogen-bond acceptors (Lipinski definition) is 7. The van der Waals surface area contributed by atoms with Crippen LogP contribution in [0.5, 0.6) is 0 Å². The van der Waals surface area contributed by atoms with Gasteiger partial charge in [0.2, 0.25) is 0 Å². The van der Waals surface area contributed by atoms with Gasteiger partial charge in [0.25, 0.3) is 5.56 Å². The molecule has 0 saturated carbocycles. The van der Waals surface area contributed by atoms with E-state index in [9.17, 15) is 4.79 Å². The van der Waals surface area contributed by atoms with E-state index >= 15 is 0 Å². The molecule has 29 heavy (non-hydrogen) atoms. The number of hydrogen-bond donors (Lipinski definition) is 0. The molecule has 0 amide bonds. The lowest BCUT2D eigenvalue weighted by atomic mass is 10.2. The van der Waals surface area contributed by atoms with Crippen LogP contribution in [0.15, 0.2) is 29.3 Å². The topological polar surface area (TPSA) is 80.0 Å². The van der Waals surface area contributed by atoms with Crippen molar-refractivity contribution < 1.29 is 0 Å². The molecule has 0 bridgehead atoms. The van der Waals surface area contributed by atoms with Crippen LogP contribution < -0.4 is 10.5 Å². The SMILES string of the molecule is Cc1nc(N2CCN(CCn3nc4c(cc3=O)CCC4)CC2)c2ccncc2n1. The summed E-state index contributed by atoms with van der Waals surface area (Å²) < 4.78 is 1.64. The van der Waals surface area contributed by atoms with Crippen molar-refractivity contribution in [2.24, 2.45) is 0 Å². The Bertz CT molecular complexity index is 1100. The second-order valence-corrected chi connectivity index (χ2v) is 7.85. The number of pyridine rings is 1. The second-order valence-electron chi connectivity index (χ2n) is 7.85. The van der Waals surface area contributed by atoms with E-state index in [4.69, 9.17) is 4.98 Å². The molecule has 0 N–H and O–H groups in total. The van der Waals surface area contributed by atoms with Crippen LogP contribution in [0.4, 0.5) is 5.82 Å². The van der Waals surface area contributed by atoms with Crippen LogP contribution >= 0.6 is 0 Å². The molecule has 0 atom stereocenters. The average Bonchev–Trinajstić information content (AvgIpc) is 3.19. The van der Waals surface area contributed by atoms with Gasteiger partial charge in [-0.15, -0.1) is 0 Å². The molecule has 0 radical (unpaired) electrons. The van der Waals surface area contributed by atoms with Crippen molar-refractivity contribution in [1.82, 2.24) is 29.6 Å². The lowest BCUT2D eigenvalue weighted by Crippen LogP contribution is -2.48. The highest BCUT2D eigenvalue weighted by molar-refractivity contribution is 5.88. The van der Waals surface area contributed by atoms with Gasteiger partial charge in [-0.25, -0.2) is 14.6 Å². The molecule has 5 rings (SSSR count). The summed E-state index contributed by atoms with van der Waals surface area (Å²) in [4.78, 5) is 30.4. The van der Waals surface area contributed by atoms with Gasteiger partial charge in [0.05, 0.1) is 24.0 Å². The Morgan fingerprint density at radius 3 is 2.79 bits per heavy atom. The number of aryl methyl sites for hydroxylation is 3. The molecule has 3 aromatic rings. The van der Waals surface area contributed by atoms with Crippen molar-refractivity contribution >= 4 is 16.7 Å². The van der Waals surface area contributed by atoms with Crippen LogP contribution in [-0.4, -0.2) is 62.4 Å². The summed E-state index contributed by atoms with van der Waals surface area (Å²) in [7, 11) is 0. The zero-order valence-electron chi connectivity index (χ0n) is 16.7. The fraction of sp³-hybridized carbons (Fsp3) is 0.476. The number of rotatable bonds is 4. The predicted octanol–water partition coefficient (Wildman–Crippen LogP) is 1.20. The molecule has 0 aromatic carbocycles. The Balaban J connectivity index is 1.24. The van der Waals surface area contributed by atoms with E-state index in [0.29, 0.717) is 6.54 Å². The van der Waals surface area contributed by atoms with E-state index in [2.05, 4.69) is 24.9 Å².